The van der Waals surface area contributed by atoms with Gasteiger partial charge in [0.15, 0.2) is 0 Å². The Morgan fingerprint density at radius 3 is 2.71 bits per heavy atom. The van der Waals surface area contributed by atoms with Gasteiger partial charge in [-0.2, -0.15) is 0 Å². The van der Waals surface area contributed by atoms with Crippen molar-refractivity contribution in [2.45, 2.75) is 32.2 Å². The molecule has 1 amide bonds. The standard InChI is InChI=1S/C17H27N3O/c1-13(15-6-4-3-5-7-15)10-19-17(21)12-20-9-8-16(11-20)14(2)18/h3-7,13-14,16H,8-12,18H2,1-2H3,(H,19,21). The highest BCUT2D eigenvalue weighted by Crippen LogP contribution is 2.18. The van der Waals surface area contributed by atoms with Gasteiger partial charge >= 0.3 is 0 Å². The van der Waals surface area contributed by atoms with Crippen molar-refractivity contribution < 1.29 is 4.79 Å². The largest absolute Gasteiger partial charge is 0.354 e. The number of carbonyl (C=O) groups is 1. The number of benzene rings is 1. The molecule has 1 heterocycles. The fourth-order valence-corrected chi connectivity index (χ4v) is 2.86. The van der Waals surface area contributed by atoms with Crippen LogP contribution in [0.15, 0.2) is 30.3 Å². The highest BCUT2D eigenvalue weighted by molar-refractivity contribution is 5.78. The first kappa shape index (κ1) is 16.0. The van der Waals surface area contributed by atoms with Gasteiger partial charge in [-0.15, -0.1) is 0 Å². The van der Waals surface area contributed by atoms with Gasteiger partial charge in [-0.1, -0.05) is 37.3 Å². The third kappa shape index (κ3) is 4.83. The fraction of sp³-hybridized carbons (Fsp3) is 0.588. The van der Waals surface area contributed by atoms with Crippen LogP contribution in [-0.2, 0) is 4.79 Å². The average molecular weight is 289 g/mol. The number of amides is 1. The lowest BCUT2D eigenvalue weighted by molar-refractivity contribution is -0.122. The second-order valence-corrected chi connectivity index (χ2v) is 6.26. The first-order valence-electron chi connectivity index (χ1n) is 7.86. The molecule has 1 aliphatic heterocycles. The minimum atomic E-state index is 0.114. The monoisotopic (exact) mass is 289 g/mol. The zero-order chi connectivity index (χ0) is 15.2. The van der Waals surface area contributed by atoms with Gasteiger partial charge < -0.3 is 11.1 Å². The molecular formula is C17H27N3O. The van der Waals surface area contributed by atoms with Crippen LogP contribution in [0.1, 0.15) is 31.7 Å². The summed E-state index contributed by atoms with van der Waals surface area (Å²) in [5.41, 5.74) is 7.19. The summed E-state index contributed by atoms with van der Waals surface area (Å²) in [6, 6.07) is 10.5. The molecule has 1 aromatic rings. The van der Waals surface area contributed by atoms with E-state index in [-0.39, 0.29) is 11.9 Å². The van der Waals surface area contributed by atoms with Crippen LogP contribution in [0.25, 0.3) is 0 Å². The van der Waals surface area contributed by atoms with Gasteiger partial charge in [0, 0.05) is 19.1 Å². The number of rotatable bonds is 6. The van der Waals surface area contributed by atoms with Crippen molar-refractivity contribution >= 4 is 5.91 Å². The zero-order valence-corrected chi connectivity index (χ0v) is 13.1. The predicted molar refractivity (Wildman–Crippen MR) is 86.1 cm³/mol. The number of nitrogens with zero attached hydrogens (tertiary/aromatic N) is 1. The zero-order valence-electron chi connectivity index (χ0n) is 13.1. The van der Waals surface area contributed by atoms with Crippen LogP contribution in [0.5, 0.6) is 0 Å². The number of nitrogens with two attached hydrogens (primary N) is 1. The van der Waals surface area contributed by atoms with Crippen LogP contribution in [0.4, 0.5) is 0 Å². The lowest BCUT2D eigenvalue weighted by Gasteiger charge is -2.18. The minimum Gasteiger partial charge on any atom is -0.354 e. The smallest absolute Gasteiger partial charge is 0.234 e. The topological polar surface area (TPSA) is 58.4 Å². The summed E-state index contributed by atoms with van der Waals surface area (Å²) < 4.78 is 0. The van der Waals surface area contributed by atoms with Gasteiger partial charge in [0.2, 0.25) is 5.91 Å². The lowest BCUT2D eigenvalue weighted by atomic mass is 10.0. The number of hydrogen-bond acceptors (Lipinski definition) is 3. The van der Waals surface area contributed by atoms with Gasteiger partial charge in [-0.25, -0.2) is 0 Å². The van der Waals surface area contributed by atoms with E-state index in [1.807, 2.05) is 18.2 Å². The maximum Gasteiger partial charge on any atom is 0.234 e. The summed E-state index contributed by atoms with van der Waals surface area (Å²) in [5, 5.41) is 3.04. The molecule has 0 aromatic heterocycles. The molecule has 116 valence electrons. The van der Waals surface area contributed by atoms with Crippen molar-refractivity contribution in [2.75, 3.05) is 26.2 Å². The molecule has 4 heteroatoms. The van der Waals surface area contributed by atoms with Crippen LogP contribution in [0, 0.1) is 5.92 Å². The van der Waals surface area contributed by atoms with Gasteiger partial charge in [0.25, 0.3) is 0 Å². The summed E-state index contributed by atoms with van der Waals surface area (Å²) in [6.07, 6.45) is 1.10. The molecule has 0 aliphatic carbocycles. The molecule has 3 N–H and O–H groups in total. The summed E-state index contributed by atoms with van der Waals surface area (Å²) in [7, 11) is 0. The van der Waals surface area contributed by atoms with Crippen LogP contribution >= 0.6 is 0 Å². The Balaban J connectivity index is 1.71. The second kappa shape index (κ2) is 7.57. The van der Waals surface area contributed by atoms with Crippen LogP contribution in [0.2, 0.25) is 0 Å². The van der Waals surface area contributed by atoms with Crippen molar-refractivity contribution in [3.63, 3.8) is 0 Å². The third-order valence-electron chi connectivity index (χ3n) is 4.39. The van der Waals surface area contributed by atoms with E-state index in [0.29, 0.717) is 24.9 Å². The van der Waals surface area contributed by atoms with Crippen molar-refractivity contribution in [1.82, 2.24) is 10.2 Å². The molecule has 21 heavy (non-hydrogen) atoms. The van der Waals surface area contributed by atoms with Gasteiger partial charge in [-0.3, -0.25) is 9.69 Å². The highest BCUT2D eigenvalue weighted by atomic mass is 16.2. The van der Waals surface area contributed by atoms with E-state index in [4.69, 9.17) is 5.73 Å². The Morgan fingerprint density at radius 2 is 2.10 bits per heavy atom. The molecule has 4 nitrogen and oxygen atoms in total. The molecule has 1 saturated heterocycles. The average Bonchev–Trinajstić information content (AvgIpc) is 2.94. The number of nitrogens with one attached hydrogen (secondary N) is 1. The van der Waals surface area contributed by atoms with Crippen molar-refractivity contribution in [3.8, 4) is 0 Å². The molecule has 0 saturated carbocycles. The highest BCUT2D eigenvalue weighted by Gasteiger charge is 2.26. The third-order valence-corrected chi connectivity index (χ3v) is 4.39. The van der Waals surface area contributed by atoms with E-state index in [0.717, 1.165) is 19.5 Å². The maximum atomic E-state index is 12.0. The molecule has 0 radical (unpaired) electrons. The maximum absolute atomic E-state index is 12.0. The number of hydrogen-bond donors (Lipinski definition) is 2. The minimum absolute atomic E-state index is 0.114. The molecule has 3 unspecified atom stereocenters. The summed E-state index contributed by atoms with van der Waals surface area (Å²) in [5.74, 6) is 0.981. The van der Waals surface area contributed by atoms with Crippen LogP contribution in [-0.4, -0.2) is 43.0 Å². The normalized spacial score (nSPS) is 22.0. The molecule has 2 rings (SSSR count). The Bertz CT molecular complexity index is 447. The van der Waals surface area contributed by atoms with Crippen LogP contribution < -0.4 is 11.1 Å². The van der Waals surface area contributed by atoms with Gasteiger partial charge in [-0.05, 0) is 37.3 Å². The van der Waals surface area contributed by atoms with Crippen molar-refractivity contribution in [1.29, 1.82) is 0 Å². The Kier molecular flexibility index (Phi) is 5.76. The predicted octanol–water partition coefficient (Wildman–Crippen LogP) is 1.58. The molecule has 0 spiro atoms. The second-order valence-electron chi connectivity index (χ2n) is 6.26. The van der Waals surface area contributed by atoms with Crippen LogP contribution in [0.3, 0.4) is 0 Å². The Morgan fingerprint density at radius 1 is 1.38 bits per heavy atom. The molecule has 1 aromatic carbocycles. The number of likely N-dealkylation sites (tertiary alicyclic amines) is 1. The fourth-order valence-electron chi connectivity index (χ4n) is 2.86. The summed E-state index contributed by atoms with van der Waals surface area (Å²) in [4.78, 5) is 14.2. The van der Waals surface area contributed by atoms with E-state index in [1.165, 1.54) is 5.56 Å². The SMILES string of the molecule is CC(CNC(=O)CN1CCC(C(C)N)C1)c1ccccc1. The molecule has 3 atom stereocenters. The van der Waals surface area contributed by atoms with Crippen molar-refractivity contribution in [2.24, 2.45) is 11.7 Å². The Labute approximate surface area is 127 Å². The van der Waals surface area contributed by atoms with E-state index in [9.17, 15) is 4.79 Å². The quantitative estimate of drug-likeness (QED) is 0.836. The molecule has 0 bridgehead atoms. The van der Waals surface area contributed by atoms with Crippen molar-refractivity contribution in [3.05, 3.63) is 35.9 Å². The Hall–Kier alpha value is -1.39. The van der Waals surface area contributed by atoms with E-state index < -0.39 is 0 Å². The van der Waals surface area contributed by atoms with E-state index in [2.05, 4.69) is 36.2 Å². The summed E-state index contributed by atoms with van der Waals surface area (Å²) in [6.45, 7) is 7.29. The summed E-state index contributed by atoms with van der Waals surface area (Å²) >= 11 is 0. The molecule has 1 aliphatic rings. The van der Waals surface area contributed by atoms with E-state index in [1.54, 1.807) is 0 Å². The van der Waals surface area contributed by atoms with E-state index >= 15 is 0 Å². The lowest BCUT2D eigenvalue weighted by Crippen LogP contribution is -2.38. The van der Waals surface area contributed by atoms with Gasteiger partial charge in [0.05, 0.1) is 6.54 Å². The number of carbonyl (C=O) groups excluding carboxylic acids is 1. The first-order valence-corrected chi connectivity index (χ1v) is 7.86. The molecular weight excluding hydrogens is 262 g/mol. The van der Waals surface area contributed by atoms with Gasteiger partial charge in [0.1, 0.15) is 0 Å². The molecule has 1 fully saturated rings. The first-order chi connectivity index (χ1) is 10.1.